The molecule has 0 unspecified atom stereocenters. The van der Waals surface area contributed by atoms with Gasteiger partial charge in [0.25, 0.3) is 0 Å². The Bertz CT molecular complexity index is 543. The van der Waals surface area contributed by atoms with Crippen molar-refractivity contribution in [3.05, 3.63) is 24.5 Å². The molecule has 96 valence electrons. The summed E-state index contributed by atoms with van der Waals surface area (Å²) in [6.07, 6.45) is 3.43. The Kier molecular flexibility index (Phi) is 3.65. The van der Waals surface area contributed by atoms with Crippen LogP contribution in [0.15, 0.2) is 24.5 Å². The topological polar surface area (TPSA) is 49.0 Å². The number of hydrogen-bond donors (Lipinski definition) is 1. The average molecular weight is 245 g/mol. The summed E-state index contributed by atoms with van der Waals surface area (Å²) in [5, 5.41) is 0. The van der Waals surface area contributed by atoms with Crippen LogP contribution in [0.5, 0.6) is 0 Å². The highest BCUT2D eigenvalue weighted by Gasteiger charge is 2.19. The van der Waals surface area contributed by atoms with Gasteiger partial charge >= 0.3 is 0 Å². The van der Waals surface area contributed by atoms with Crippen molar-refractivity contribution in [1.29, 1.82) is 0 Å². The first kappa shape index (κ1) is 12.6. The number of aromatic nitrogens is 2. The van der Waals surface area contributed by atoms with Gasteiger partial charge in [0.15, 0.2) is 0 Å². The number of nitrogens with zero attached hydrogens (tertiary/aromatic N) is 2. The van der Waals surface area contributed by atoms with Gasteiger partial charge in [0.1, 0.15) is 0 Å². The number of amides is 1. The van der Waals surface area contributed by atoms with Gasteiger partial charge in [-0.2, -0.15) is 0 Å². The molecule has 0 spiro atoms. The number of rotatable bonds is 4. The normalized spacial score (nSPS) is 11.1. The third-order valence-corrected chi connectivity index (χ3v) is 3.46. The molecule has 0 fully saturated rings. The third-order valence-electron chi connectivity index (χ3n) is 3.46. The SMILES string of the molecule is CCC(CC)C(=O)N(C)c1ccc2nc[nH]c2c1. The van der Waals surface area contributed by atoms with Crippen LogP contribution in [-0.4, -0.2) is 22.9 Å². The number of aromatic amines is 1. The molecule has 0 bridgehead atoms. The number of carbonyl (C=O) groups excluding carboxylic acids is 1. The summed E-state index contributed by atoms with van der Waals surface area (Å²) in [5.74, 6) is 0.284. The molecule has 0 radical (unpaired) electrons. The van der Waals surface area contributed by atoms with Gasteiger partial charge in [0, 0.05) is 18.7 Å². The van der Waals surface area contributed by atoms with Crippen LogP contribution in [0.4, 0.5) is 5.69 Å². The van der Waals surface area contributed by atoms with Gasteiger partial charge in [0.05, 0.1) is 17.4 Å². The fourth-order valence-electron chi connectivity index (χ4n) is 2.17. The number of nitrogens with one attached hydrogen (secondary N) is 1. The summed E-state index contributed by atoms with van der Waals surface area (Å²) in [5.41, 5.74) is 2.78. The largest absolute Gasteiger partial charge is 0.345 e. The van der Waals surface area contributed by atoms with E-state index in [1.165, 1.54) is 0 Å². The summed E-state index contributed by atoms with van der Waals surface area (Å²) in [4.78, 5) is 21.2. The van der Waals surface area contributed by atoms with E-state index >= 15 is 0 Å². The summed E-state index contributed by atoms with van der Waals surface area (Å²) >= 11 is 0. The second kappa shape index (κ2) is 5.21. The molecule has 2 rings (SSSR count). The standard InChI is InChI=1S/C14H19N3O/c1-4-10(5-2)14(18)17(3)11-6-7-12-13(8-11)16-9-15-12/h6-10H,4-5H2,1-3H3,(H,15,16). The number of anilines is 1. The molecular formula is C14H19N3O. The van der Waals surface area contributed by atoms with E-state index in [1.54, 1.807) is 11.2 Å². The van der Waals surface area contributed by atoms with Crippen molar-refractivity contribution in [3.63, 3.8) is 0 Å². The van der Waals surface area contributed by atoms with Crippen molar-refractivity contribution < 1.29 is 4.79 Å². The minimum Gasteiger partial charge on any atom is -0.345 e. The average Bonchev–Trinajstić information content (AvgIpc) is 2.86. The predicted molar refractivity (Wildman–Crippen MR) is 73.6 cm³/mol. The third kappa shape index (κ3) is 2.23. The van der Waals surface area contributed by atoms with Crippen LogP contribution in [0, 0.1) is 5.92 Å². The van der Waals surface area contributed by atoms with Crippen LogP contribution in [0.1, 0.15) is 26.7 Å². The van der Waals surface area contributed by atoms with E-state index in [4.69, 9.17) is 0 Å². The molecule has 0 aliphatic carbocycles. The Balaban J connectivity index is 2.26. The van der Waals surface area contributed by atoms with Crippen LogP contribution in [0.25, 0.3) is 11.0 Å². The van der Waals surface area contributed by atoms with E-state index < -0.39 is 0 Å². The van der Waals surface area contributed by atoms with Gasteiger partial charge < -0.3 is 9.88 Å². The molecule has 1 amide bonds. The minimum atomic E-state index is 0.104. The van der Waals surface area contributed by atoms with Crippen molar-refractivity contribution in [3.8, 4) is 0 Å². The summed E-state index contributed by atoms with van der Waals surface area (Å²) in [6, 6.07) is 5.82. The molecule has 1 aromatic carbocycles. The molecule has 18 heavy (non-hydrogen) atoms. The number of carbonyl (C=O) groups is 1. The van der Waals surface area contributed by atoms with Crippen LogP contribution in [0.3, 0.4) is 0 Å². The summed E-state index contributed by atoms with van der Waals surface area (Å²) in [6.45, 7) is 4.11. The van der Waals surface area contributed by atoms with Crippen LogP contribution in [0.2, 0.25) is 0 Å². The Morgan fingerprint density at radius 3 is 2.78 bits per heavy atom. The first-order valence-electron chi connectivity index (χ1n) is 6.38. The second-order valence-corrected chi connectivity index (χ2v) is 4.51. The molecule has 1 aromatic heterocycles. The van der Waals surface area contributed by atoms with Crippen LogP contribution >= 0.6 is 0 Å². The highest BCUT2D eigenvalue weighted by atomic mass is 16.2. The first-order valence-corrected chi connectivity index (χ1v) is 6.38. The zero-order chi connectivity index (χ0) is 13.1. The maximum absolute atomic E-state index is 12.3. The molecule has 0 atom stereocenters. The first-order chi connectivity index (χ1) is 8.67. The van der Waals surface area contributed by atoms with Crippen molar-refractivity contribution in [1.82, 2.24) is 9.97 Å². The van der Waals surface area contributed by atoms with Gasteiger partial charge in [-0.25, -0.2) is 4.98 Å². The molecule has 1 N–H and O–H groups in total. The molecule has 0 saturated heterocycles. The second-order valence-electron chi connectivity index (χ2n) is 4.51. The van der Waals surface area contributed by atoms with Gasteiger partial charge in [0.2, 0.25) is 5.91 Å². The quantitative estimate of drug-likeness (QED) is 0.900. The van der Waals surface area contributed by atoms with Crippen LogP contribution < -0.4 is 4.90 Å². The van der Waals surface area contributed by atoms with Crippen LogP contribution in [-0.2, 0) is 4.79 Å². The Hall–Kier alpha value is -1.84. The van der Waals surface area contributed by atoms with Crippen molar-refractivity contribution in [2.24, 2.45) is 5.92 Å². The number of imidazole rings is 1. The lowest BCUT2D eigenvalue weighted by Gasteiger charge is -2.22. The van der Waals surface area contributed by atoms with Gasteiger partial charge in [-0.1, -0.05) is 13.8 Å². The highest BCUT2D eigenvalue weighted by molar-refractivity contribution is 5.96. The molecule has 4 nitrogen and oxygen atoms in total. The Labute approximate surface area is 107 Å². The van der Waals surface area contributed by atoms with E-state index in [1.807, 2.05) is 25.2 Å². The Morgan fingerprint density at radius 2 is 2.11 bits per heavy atom. The predicted octanol–water partition coefficient (Wildman–Crippen LogP) is 2.96. The summed E-state index contributed by atoms with van der Waals surface area (Å²) in [7, 11) is 1.83. The lowest BCUT2D eigenvalue weighted by molar-refractivity contribution is -0.122. The molecule has 0 aliphatic rings. The van der Waals surface area contributed by atoms with Gasteiger partial charge in [-0.15, -0.1) is 0 Å². The van der Waals surface area contributed by atoms with Gasteiger partial charge in [-0.05, 0) is 31.0 Å². The smallest absolute Gasteiger partial charge is 0.229 e. The number of fused-ring (bicyclic) bond motifs is 1. The van der Waals surface area contributed by atoms with E-state index in [0.29, 0.717) is 0 Å². The molecule has 1 heterocycles. The number of hydrogen-bond acceptors (Lipinski definition) is 2. The minimum absolute atomic E-state index is 0.104. The maximum atomic E-state index is 12.3. The zero-order valence-corrected chi connectivity index (χ0v) is 11.1. The van der Waals surface area contributed by atoms with E-state index in [9.17, 15) is 4.79 Å². The van der Waals surface area contributed by atoms with Crippen molar-refractivity contribution in [2.75, 3.05) is 11.9 Å². The zero-order valence-electron chi connectivity index (χ0n) is 11.1. The molecule has 0 aliphatic heterocycles. The lowest BCUT2D eigenvalue weighted by Crippen LogP contribution is -2.32. The molecule has 0 saturated carbocycles. The highest BCUT2D eigenvalue weighted by Crippen LogP contribution is 2.21. The number of H-pyrrole nitrogens is 1. The summed E-state index contributed by atoms with van der Waals surface area (Å²) < 4.78 is 0. The number of benzene rings is 1. The fraction of sp³-hybridized carbons (Fsp3) is 0.429. The molecule has 4 heteroatoms. The fourth-order valence-corrected chi connectivity index (χ4v) is 2.17. The van der Waals surface area contributed by atoms with Gasteiger partial charge in [-0.3, -0.25) is 4.79 Å². The van der Waals surface area contributed by atoms with E-state index in [2.05, 4.69) is 23.8 Å². The monoisotopic (exact) mass is 245 g/mol. The Morgan fingerprint density at radius 1 is 1.39 bits per heavy atom. The van der Waals surface area contributed by atoms with Crippen molar-refractivity contribution >= 4 is 22.6 Å². The molecular weight excluding hydrogens is 226 g/mol. The lowest BCUT2D eigenvalue weighted by atomic mass is 10.0. The van der Waals surface area contributed by atoms with Crippen molar-refractivity contribution in [2.45, 2.75) is 26.7 Å². The maximum Gasteiger partial charge on any atom is 0.229 e. The van der Waals surface area contributed by atoms with E-state index in [0.717, 1.165) is 29.6 Å². The van der Waals surface area contributed by atoms with E-state index in [-0.39, 0.29) is 11.8 Å². The molecule has 2 aromatic rings.